The molecule has 0 radical (unpaired) electrons. The quantitative estimate of drug-likeness (QED) is 0.832. The molecule has 2 aromatic heterocycles. The molecule has 0 aliphatic carbocycles. The lowest BCUT2D eigenvalue weighted by Gasteiger charge is -2.06. The van der Waals surface area contributed by atoms with Gasteiger partial charge in [0.1, 0.15) is 5.82 Å². The maximum Gasteiger partial charge on any atom is 0.126 e. The summed E-state index contributed by atoms with van der Waals surface area (Å²) in [4.78, 5) is 4.51. The Morgan fingerprint density at radius 1 is 1.31 bits per heavy atom. The maximum atomic E-state index is 4.51. The molecule has 0 saturated heterocycles. The summed E-state index contributed by atoms with van der Waals surface area (Å²) < 4.78 is 1.87. The summed E-state index contributed by atoms with van der Waals surface area (Å²) in [6.07, 6.45) is 4.82. The molecule has 1 N–H and O–H groups in total. The fourth-order valence-corrected chi connectivity index (χ4v) is 1.48. The number of anilines is 1. The zero-order valence-electron chi connectivity index (χ0n) is 9.43. The third-order valence-electron chi connectivity index (χ3n) is 2.25. The summed E-state index contributed by atoms with van der Waals surface area (Å²) in [5.41, 5.74) is 1.02. The lowest BCUT2D eigenvalue weighted by atomic mass is 10.3. The Kier molecular flexibility index (Phi) is 3.53. The second-order valence-corrected chi connectivity index (χ2v) is 3.64. The lowest BCUT2D eigenvalue weighted by Crippen LogP contribution is -2.06. The predicted molar refractivity (Wildman–Crippen MR) is 64.3 cm³/mol. The van der Waals surface area contributed by atoms with E-state index in [1.165, 1.54) is 0 Å². The second-order valence-electron chi connectivity index (χ2n) is 3.64. The molecule has 84 valence electrons. The van der Waals surface area contributed by atoms with Crippen LogP contribution >= 0.6 is 0 Å². The highest BCUT2D eigenvalue weighted by Gasteiger charge is 1.98. The Hall–Kier alpha value is -1.84. The van der Waals surface area contributed by atoms with Crippen molar-refractivity contribution in [2.75, 3.05) is 11.9 Å². The van der Waals surface area contributed by atoms with Gasteiger partial charge in [-0.05, 0) is 24.6 Å². The Bertz CT molecular complexity index is 422. The number of pyridine rings is 1. The molecule has 4 nitrogen and oxygen atoms in total. The Balaban J connectivity index is 2.04. The minimum Gasteiger partial charge on any atom is -0.370 e. The molecule has 16 heavy (non-hydrogen) atoms. The van der Waals surface area contributed by atoms with Gasteiger partial charge >= 0.3 is 0 Å². The van der Waals surface area contributed by atoms with E-state index >= 15 is 0 Å². The van der Waals surface area contributed by atoms with Crippen molar-refractivity contribution in [3.8, 4) is 0 Å². The summed E-state index contributed by atoms with van der Waals surface area (Å²) in [6, 6.07) is 7.93. The Morgan fingerprint density at radius 3 is 3.00 bits per heavy atom. The molecule has 0 atom stereocenters. The number of aromatic nitrogens is 3. The van der Waals surface area contributed by atoms with Crippen molar-refractivity contribution in [1.82, 2.24) is 14.8 Å². The van der Waals surface area contributed by atoms with Crippen LogP contribution in [0.5, 0.6) is 0 Å². The van der Waals surface area contributed by atoms with E-state index in [0.29, 0.717) is 6.54 Å². The van der Waals surface area contributed by atoms with Gasteiger partial charge in [0.05, 0.1) is 12.2 Å². The average molecular weight is 216 g/mol. The number of hydrogen-bond acceptors (Lipinski definition) is 3. The lowest BCUT2D eigenvalue weighted by molar-refractivity contribution is 0.673. The van der Waals surface area contributed by atoms with Crippen molar-refractivity contribution in [2.45, 2.75) is 19.9 Å². The van der Waals surface area contributed by atoms with Crippen LogP contribution in [0.4, 0.5) is 5.82 Å². The first-order valence-electron chi connectivity index (χ1n) is 5.55. The Labute approximate surface area is 95.3 Å². The standard InChI is InChI=1S/C12H16N4/c1-2-7-13-12-6-3-5-11(15-12)10-16-9-4-8-14-16/h3-6,8-9H,2,7,10H2,1H3,(H,13,15). The van der Waals surface area contributed by atoms with Crippen LogP contribution in [0.15, 0.2) is 36.7 Å². The van der Waals surface area contributed by atoms with Crippen molar-refractivity contribution >= 4 is 5.82 Å². The van der Waals surface area contributed by atoms with Gasteiger partial charge in [-0.1, -0.05) is 13.0 Å². The first-order chi connectivity index (χ1) is 7.88. The van der Waals surface area contributed by atoms with Crippen LogP contribution in [0, 0.1) is 0 Å². The summed E-state index contributed by atoms with van der Waals surface area (Å²) in [5, 5.41) is 7.43. The molecule has 0 spiro atoms. The molecule has 0 aliphatic heterocycles. The number of nitrogens with zero attached hydrogens (tertiary/aromatic N) is 3. The van der Waals surface area contributed by atoms with Gasteiger partial charge in [-0.3, -0.25) is 4.68 Å². The molecule has 4 heteroatoms. The SMILES string of the molecule is CCCNc1cccc(Cn2cccn2)n1. The van der Waals surface area contributed by atoms with Crippen molar-refractivity contribution in [3.05, 3.63) is 42.4 Å². The smallest absolute Gasteiger partial charge is 0.126 e. The van der Waals surface area contributed by atoms with Crippen molar-refractivity contribution in [3.63, 3.8) is 0 Å². The average Bonchev–Trinajstić information content (AvgIpc) is 2.80. The van der Waals surface area contributed by atoms with E-state index < -0.39 is 0 Å². The zero-order chi connectivity index (χ0) is 11.2. The molecule has 0 bridgehead atoms. The predicted octanol–water partition coefficient (Wildman–Crippen LogP) is 2.15. The molecule has 0 amide bonds. The number of nitrogens with one attached hydrogen (secondary N) is 1. The fourth-order valence-electron chi connectivity index (χ4n) is 1.48. The van der Waals surface area contributed by atoms with Gasteiger partial charge in [-0.25, -0.2) is 4.98 Å². The molecule has 0 fully saturated rings. The van der Waals surface area contributed by atoms with Crippen LogP contribution < -0.4 is 5.32 Å². The first kappa shape index (κ1) is 10.7. The third kappa shape index (κ3) is 2.82. The van der Waals surface area contributed by atoms with E-state index in [1.54, 1.807) is 6.20 Å². The van der Waals surface area contributed by atoms with Crippen LogP contribution in [0.1, 0.15) is 19.0 Å². The summed E-state index contributed by atoms with van der Waals surface area (Å²) in [7, 11) is 0. The minimum atomic E-state index is 0.717. The summed E-state index contributed by atoms with van der Waals surface area (Å²) >= 11 is 0. The molecule has 2 rings (SSSR count). The zero-order valence-corrected chi connectivity index (χ0v) is 9.43. The van der Waals surface area contributed by atoms with E-state index in [9.17, 15) is 0 Å². The third-order valence-corrected chi connectivity index (χ3v) is 2.25. The van der Waals surface area contributed by atoms with Crippen molar-refractivity contribution < 1.29 is 0 Å². The van der Waals surface area contributed by atoms with E-state index in [0.717, 1.165) is 24.5 Å². The topological polar surface area (TPSA) is 42.7 Å². The van der Waals surface area contributed by atoms with E-state index in [1.807, 2.05) is 35.1 Å². The molecular formula is C12H16N4. The maximum absolute atomic E-state index is 4.51. The van der Waals surface area contributed by atoms with Gasteiger partial charge in [0.15, 0.2) is 0 Å². The van der Waals surface area contributed by atoms with Gasteiger partial charge in [0.25, 0.3) is 0 Å². The minimum absolute atomic E-state index is 0.717. The van der Waals surface area contributed by atoms with E-state index in [2.05, 4.69) is 22.3 Å². The summed E-state index contributed by atoms with van der Waals surface area (Å²) in [6.45, 7) is 3.81. The fraction of sp³-hybridized carbons (Fsp3) is 0.333. The van der Waals surface area contributed by atoms with Gasteiger partial charge < -0.3 is 5.32 Å². The number of rotatable bonds is 5. The highest BCUT2D eigenvalue weighted by Crippen LogP contribution is 2.06. The van der Waals surface area contributed by atoms with Crippen molar-refractivity contribution in [2.24, 2.45) is 0 Å². The van der Waals surface area contributed by atoms with Gasteiger partial charge in [0, 0.05) is 18.9 Å². The van der Waals surface area contributed by atoms with Crippen LogP contribution in [0.2, 0.25) is 0 Å². The molecule has 2 aromatic rings. The first-order valence-corrected chi connectivity index (χ1v) is 5.55. The highest BCUT2D eigenvalue weighted by atomic mass is 15.3. The van der Waals surface area contributed by atoms with Crippen LogP contribution in [0.25, 0.3) is 0 Å². The van der Waals surface area contributed by atoms with Gasteiger partial charge in [-0.2, -0.15) is 5.10 Å². The van der Waals surface area contributed by atoms with Crippen molar-refractivity contribution in [1.29, 1.82) is 0 Å². The Morgan fingerprint density at radius 2 is 2.25 bits per heavy atom. The van der Waals surface area contributed by atoms with Crippen LogP contribution in [-0.4, -0.2) is 21.3 Å². The summed E-state index contributed by atoms with van der Waals surface area (Å²) in [5.74, 6) is 0.937. The van der Waals surface area contributed by atoms with E-state index in [-0.39, 0.29) is 0 Å². The largest absolute Gasteiger partial charge is 0.370 e. The van der Waals surface area contributed by atoms with Gasteiger partial charge in [0.2, 0.25) is 0 Å². The normalized spacial score (nSPS) is 10.3. The van der Waals surface area contributed by atoms with Gasteiger partial charge in [-0.15, -0.1) is 0 Å². The van der Waals surface area contributed by atoms with Crippen LogP contribution in [-0.2, 0) is 6.54 Å². The highest BCUT2D eigenvalue weighted by molar-refractivity contribution is 5.35. The number of hydrogen-bond donors (Lipinski definition) is 1. The van der Waals surface area contributed by atoms with Crippen LogP contribution in [0.3, 0.4) is 0 Å². The monoisotopic (exact) mass is 216 g/mol. The van der Waals surface area contributed by atoms with E-state index in [4.69, 9.17) is 0 Å². The molecule has 0 saturated carbocycles. The molecule has 0 aliphatic rings. The molecule has 0 aromatic carbocycles. The molecule has 2 heterocycles. The molecular weight excluding hydrogens is 200 g/mol. The molecule has 0 unspecified atom stereocenters. The second kappa shape index (κ2) is 5.30.